The van der Waals surface area contributed by atoms with Crippen LogP contribution in [0.15, 0.2) is 84.9 Å². The molecule has 1 heterocycles. The molecule has 0 aliphatic heterocycles. The van der Waals surface area contributed by atoms with E-state index in [1.165, 1.54) is 0 Å². The van der Waals surface area contributed by atoms with Gasteiger partial charge in [0.15, 0.2) is 5.78 Å². The quantitative estimate of drug-likeness (QED) is 0.264. The fraction of sp³-hybridized carbons (Fsp3) is 0.250. The molecular formula is C28H29N3O2. The number of benzene rings is 3. The molecule has 168 valence electrons. The zero-order valence-electron chi connectivity index (χ0n) is 18.7. The molecule has 0 unspecified atom stereocenters. The Balaban J connectivity index is 1.29. The Hall–Kier alpha value is -3.73. The van der Waals surface area contributed by atoms with Crippen LogP contribution in [0.1, 0.15) is 41.0 Å². The molecule has 0 atom stereocenters. The molecule has 0 radical (unpaired) electrons. The Morgan fingerprint density at radius 2 is 1.48 bits per heavy atom. The number of nitrogens with one attached hydrogen (secondary N) is 1. The summed E-state index contributed by atoms with van der Waals surface area (Å²) in [6.07, 6.45) is 4.08. The number of amides is 1. The molecule has 5 heteroatoms. The van der Waals surface area contributed by atoms with E-state index in [0.717, 1.165) is 48.1 Å². The fourth-order valence-corrected chi connectivity index (χ4v) is 4.01. The van der Waals surface area contributed by atoms with Crippen molar-refractivity contribution in [2.45, 2.75) is 38.6 Å². The zero-order chi connectivity index (χ0) is 22.9. The highest BCUT2D eigenvalue weighted by atomic mass is 16.1. The van der Waals surface area contributed by atoms with Gasteiger partial charge in [-0.05, 0) is 30.5 Å². The van der Waals surface area contributed by atoms with E-state index in [9.17, 15) is 9.59 Å². The van der Waals surface area contributed by atoms with Gasteiger partial charge in [0, 0.05) is 18.5 Å². The number of rotatable bonds is 11. The minimum Gasteiger partial charge on any atom is -0.356 e. The van der Waals surface area contributed by atoms with Gasteiger partial charge in [0.2, 0.25) is 5.91 Å². The van der Waals surface area contributed by atoms with Gasteiger partial charge < -0.3 is 9.88 Å². The maximum absolute atomic E-state index is 12.8. The number of para-hydroxylation sites is 2. The lowest BCUT2D eigenvalue weighted by Gasteiger charge is -2.09. The first-order valence-corrected chi connectivity index (χ1v) is 11.5. The van der Waals surface area contributed by atoms with Crippen molar-refractivity contribution < 1.29 is 9.59 Å². The molecule has 33 heavy (non-hydrogen) atoms. The first-order valence-electron chi connectivity index (χ1n) is 11.5. The van der Waals surface area contributed by atoms with Gasteiger partial charge in [0.05, 0.1) is 24.0 Å². The maximum Gasteiger partial charge on any atom is 0.224 e. The monoisotopic (exact) mass is 439 g/mol. The lowest BCUT2D eigenvalue weighted by molar-refractivity contribution is -0.120. The molecule has 0 spiro atoms. The maximum atomic E-state index is 12.8. The average molecular weight is 440 g/mol. The molecule has 0 saturated heterocycles. The Morgan fingerprint density at radius 3 is 2.27 bits per heavy atom. The van der Waals surface area contributed by atoms with Crippen molar-refractivity contribution in [3.63, 3.8) is 0 Å². The van der Waals surface area contributed by atoms with Crippen molar-refractivity contribution in [1.82, 2.24) is 14.9 Å². The first kappa shape index (κ1) is 22.5. The van der Waals surface area contributed by atoms with Crippen LogP contribution in [0, 0.1) is 0 Å². The predicted molar refractivity (Wildman–Crippen MR) is 131 cm³/mol. The molecular weight excluding hydrogens is 410 g/mol. The second-order valence-corrected chi connectivity index (χ2v) is 8.22. The summed E-state index contributed by atoms with van der Waals surface area (Å²) in [7, 11) is 0. The van der Waals surface area contributed by atoms with E-state index in [1.54, 1.807) is 0 Å². The van der Waals surface area contributed by atoms with Crippen molar-refractivity contribution in [1.29, 1.82) is 0 Å². The Kier molecular flexibility index (Phi) is 7.64. The van der Waals surface area contributed by atoms with Gasteiger partial charge in [0.1, 0.15) is 5.82 Å². The lowest BCUT2D eigenvalue weighted by Crippen LogP contribution is -2.26. The van der Waals surface area contributed by atoms with Crippen molar-refractivity contribution in [2.24, 2.45) is 0 Å². The van der Waals surface area contributed by atoms with E-state index in [-0.39, 0.29) is 18.2 Å². The predicted octanol–water partition coefficient (Wildman–Crippen LogP) is 4.99. The largest absolute Gasteiger partial charge is 0.356 e. The standard InChI is InChI=1S/C28H29N3O2/c32-26(23-14-6-2-7-15-23)21-31-25-17-10-9-16-24(25)30-27(31)18-8-3-11-19-29-28(33)20-22-12-4-1-5-13-22/h1-2,4-7,9-10,12-17H,3,8,11,18-21H2,(H,29,33). The second-order valence-electron chi connectivity index (χ2n) is 8.22. The average Bonchev–Trinajstić information content (AvgIpc) is 3.19. The fourth-order valence-electron chi connectivity index (χ4n) is 4.01. The third kappa shape index (κ3) is 6.16. The highest BCUT2D eigenvalue weighted by molar-refractivity contribution is 5.96. The molecule has 3 aromatic carbocycles. The van der Waals surface area contributed by atoms with E-state index in [4.69, 9.17) is 4.98 Å². The molecule has 0 bridgehead atoms. The van der Waals surface area contributed by atoms with E-state index < -0.39 is 0 Å². The van der Waals surface area contributed by atoms with Crippen molar-refractivity contribution >= 4 is 22.7 Å². The van der Waals surface area contributed by atoms with Crippen LogP contribution < -0.4 is 5.32 Å². The third-order valence-corrected chi connectivity index (χ3v) is 5.74. The molecule has 4 aromatic rings. The van der Waals surface area contributed by atoms with E-state index in [1.807, 2.05) is 89.5 Å². The SMILES string of the molecule is O=C(Cc1ccccc1)NCCCCCc1nc2ccccc2n1CC(=O)c1ccccc1. The zero-order valence-corrected chi connectivity index (χ0v) is 18.7. The number of aromatic nitrogens is 2. The highest BCUT2D eigenvalue weighted by Gasteiger charge is 2.14. The van der Waals surface area contributed by atoms with Gasteiger partial charge in [-0.2, -0.15) is 0 Å². The molecule has 1 amide bonds. The number of hydrogen-bond acceptors (Lipinski definition) is 3. The van der Waals surface area contributed by atoms with Gasteiger partial charge in [-0.25, -0.2) is 4.98 Å². The number of carbonyl (C=O) groups is 2. The van der Waals surface area contributed by atoms with Crippen LogP contribution in [0.25, 0.3) is 11.0 Å². The summed E-state index contributed by atoms with van der Waals surface area (Å²) >= 11 is 0. The van der Waals surface area contributed by atoms with Crippen molar-refractivity contribution in [2.75, 3.05) is 6.54 Å². The normalized spacial score (nSPS) is 10.9. The second kappa shape index (κ2) is 11.2. The van der Waals surface area contributed by atoms with Gasteiger partial charge in [0.25, 0.3) is 0 Å². The van der Waals surface area contributed by atoms with Gasteiger partial charge in [-0.1, -0.05) is 79.2 Å². The van der Waals surface area contributed by atoms with E-state index in [0.29, 0.717) is 18.5 Å². The third-order valence-electron chi connectivity index (χ3n) is 5.74. The van der Waals surface area contributed by atoms with Gasteiger partial charge in [-0.3, -0.25) is 9.59 Å². The van der Waals surface area contributed by atoms with Crippen LogP contribution in [0.4, 0.5) is 0 Å². The number of Topliss-reactive ketones (excluding diaryl/α,β-unsaturated/α-hetero) is 1. The Morgan fingerprint density at radius 1 is 0.788 bits per heavy atom. The number of ketones is 1. The minimum atomic E-state index is 0.0578. The smallest absolute Gasteiger partial charge is 0.224 e. The molecule has 0 fully saturated rings. The number of imidazole rings is 1. The Labute approximate surface area is 194 Å². The number of unbranched alkanes of at least 4 members (excludes halogenated alkanes) is 2. The van der Waals surface area contributed by atoms with E-state index >= 15 is 0 Å². The van der Waals surface area contributed by atoms with Crippen LogP contribution in [0.5, 0.6) is 0 Å². The number of aryl methyl sites for hydroxylation is 1. The molecule has 0 aliphatic carbocycles. The van der Waals surface area contributed by atoms with E-state index in [2.05, 4.69) is 5.32 Å². The van der Waals surface area contributed by atoms with Crippen LogP contribution in [-0.2, 0) is 24.2 Å². The van der Waals surface area contributed by atoms with Crippen molar-refractivity contribution in [3.8, 4) is 0 Å². The Bertz CT molecular complexity index is 1200. The summed E-state index contributed by atoms with van der Waals surface area (Å²) in [6.45, 7) is 0.962. The summed E-state index contributed by atoms with van der Waals surface area (Å²) < 4.78 is 2.05. The number of carbonyl (C=O) groups excluding carboxylic acids is 2. The summed E-state index contributed by atoms with van der Waals surface area (Å²) in [6, 6.07) is 27.1. The first-order chi connectivity index (χ1) is 16.2. The van der Waals surface area contributed by atoms with Crippen LogP contribution >= 0.6 is 0 Å². The van der Waals surface area contributed by atoms with Gasteiger partial charge >= 0.3 is 0 Å². The molecule has 1 N–H and O–H groups in total. The number of hydrogen-bond donors (Lipinski definition) is 1. The van der Waals surface area contributed by atoms with Gasteiger partial charge in [-0.15, -0.1) is 0 Å². The summed E-state index contributed by atoms with van der Waals surface area (Å²) in [5.74, 6) is 1.08. The number of nitrogens with zero attached hydrogens (tertiary/aromatic N) is 2. The number of fused-ring (bicyclic) bond motifs is 1. The summed E-state index contributed by atoms with van der Waals surface area (Å²) in [5, 5.41) is 3.00. The van der Waals surface area contributed by atoms with Crippen LogP contribution in [0.3, 0.4) is 0 Å². The lowest BCUT2D eigenvalue weighted by atomic mass is 10.1. The van der Waals surface area contributed by atoms with Crippen molar-refractivity contribution in [3.05, 3.63) is 102 Å². The summed E-state index contributed by atoms with van der Waals surface area (Å²) in [5.41, 5.74) is 3.65. The molecule has 0 aliphatic rings. The van der Waals surface area contributed by atoms with Crippen LogP contribution in [-0.4, -0.2) is 27.8 Å². The molecule has 5 nitrogen and oxygen atoms in total. The highest BCUT2D eigenvalue weighted by Crippen LogP contribution is 2.19. The molecule has 4 rings (SSSR count). The molecule has 1 aromatic heterocycles. The summed E-state index contributed by atoms with van der Waals surface area (Å²) in [4.78, 5) is 29.7. The minimum absolute atomic E-state index is 0.0578. The molecule has 0 saturated carbocycles. The topological polar surface area (TPSA) is 64.0 Å². The van der Waals surface area contributed by atoms with Crippen LogP contribution in [0.2, 0.25) is 0 Å².